The molecular weight excluding hydrogens is 386 g/mol. The lowest BCUT2D eigenvalue weighted by Gasteiger charge is -1.98. The Morgan fingerprint density at radius 1 is 1.14 bits per heavy atom. The number of nitrogens with zero attached hydrogens (tertiary/aromatic N) is 5. The Balaban J connectivity index is 1.45. The van der Waals surface area contributed by atoms with Gasteiger partial charge in [-0.25, -0.2) is 14.5 Å². The fourth-order valence-corrected chi connectivity index (χ4v) is 4.16. The molecule has 0 atom stereocenters. The highest BCUT2D eigenvalue weighted by molar-refractivity contribution is 7.14. The van der Waals surface area contributed by atoms with Gasteiger partial charge in [-0.05, 0) is 32.9 Å². The SMILES string of the molecule is Cc1cc(C)n2nc(C(=O)Nc3nc(-c4c(C)[nH]c5ccccc45)cs3)nc2n1. The highest BCUT2D eigenvalue weighted by Crippen LogP contribution is 2.33. The van der Waals surface area contributed by atoms with E-state index in [-0.39, 0.29) is 5.82 Å². The van der Waals surface area contributed by atoms with Gasteiger partial charge < -0.3 is 4.98 Å². The molecule has 4 heterocycles. The Hall–Kier alpha value is -3.59. The molecule has 2 N–H and O–H groups in total. The van der Waals surface area contributed by atoms with Crippen molar-refractivity contribution in [2.24, 2.45) is 0 Å². The van der Waals surface area contributed by atoms with Crippen LogP contribution in [0.15, 0.2) is 35.7 Å². The molecule has 1 amide bonds. The van der Waals surface area contributed by atoms with Crippen molar-refractivity contribution in [1.29, 1.82) is 0 Å². The monoisotopic (exact) mass is 403 g/mol. The molecule has 8 nitrogen and oxygen atoms in total. The third kappa shape index (κ3) is 2.95. The Bertz CT molecular complexity index is 1390. The molecule has 4 aromatic heterocycles. The lowest BCUT2D eigenvalue weighted by atomic mass is 10.1. The molecule has 0 aliphatic carbocycles. The van der Waals surface area contributed by atoms with Gasteiger partial charge in [0.25, 0.3) is 11.7 Å². The Morgan fingerprint density at radius 2 is 1.97 bits per heavy atom. The van der Waals surface area contributed by atoms with Crippen LogP contribution in [-0.4, -0.2) is 35.5 Å². The molecule has 29 heavy (non-hydrogen) atoms. The van der Waals surface area contributed by atoms with Crippen LogP contribution in [0.4, 0.5) is 5.13 Å². The summed E-state index contributed by atoms with van der Waals surface area (Å²) in [4.78, 5) is 29.2. The topological polar surface area (TPSA) is 101 Å². The van der Waals surface area contributed by atoms with E-state index in [2.05, 4.69) is 36.4 Å². The molecule has 0 bridgehead atoms. The average Bonchev–Trinajstić information content (AvgIpc) is 3.37. The van der Waals surface area contributed by atoms with Gasteiger partial charge in [0.1, 0.15) is 0 Å². The summed E-state index contributed by atoms with van der Waals surface area (Å²) in [5.41, 5.74) is 5.65. The summed E-state index contributed by atoms with van der Waals surface area (Å²) in [6, 6.07) is 9.98. The number of benzene rings is 1. The van der Waals surface area contributed by atoms with Crippen LogP contribution < -0.4 is 5.32 Å². The first-order valence-corrected chi connectivity index (χ1v) is 9.93. The van der Waals surface area contributed by atoms with Crippen molar-refractivity contribution in [3.05, 3.63) is 58.6 Å². The largest absolute Gasteiger partial charge is 0.358 e. The number of hydrogen-bond donors (Lipinski definition) is 2. The number of thiazole rings is 1. The molecule has 5 rings (SSSR count). The number of nitrogens with one attached hydrogen (secondary N) is 2. The Labute approximate surface area is 169 Å². The summed E-state index contributed by atoms with van der Waals surface area (Å²) in [5, 5.41) is 10.6. The van der Waals surface area contributed by atoms with Gasteiger partial charge in [-0.2, -0.15) is 4.98 Å². The van der Waals surface area contributed by atoms with Gasteiger partial charge >= 0.3 is 0 Å². The molecule has 0 aliphatic rings. The van der Waals surface area contributed by atoms with E-state index < -0.39 is 5.91 Å². The quantitative estimate of drug-likeness (QED) is 0.476. The first-order valence-electron chi connectivity index (χ1n) is 9.05. The number of fused-ring (bicyclic) bond motifs is 2. The number of anilines is 1. The smallest absolute Gasteiger partial charge is 0.297 e. The zero-order valence-electron chi connectivity index (χ0n) is 16.0. The van der Waals surface area contributed by atoms with Crippen LogP contribution in [0, 0.1) is 20.8 Å². The number of para-hydroxylation sites is 1. The molecule has 0 radical (unpaired) electrons. The molecule has 0 saturated heterocycles. The number of aromatic amines is 1. The van der Waals surface area contributed by atoms with Crippen molar-refractivity contribution in [3.63, 3.8) is 0 Å². The first-order chi connectivity index (χ1) is 14.0. The summed E-state index contributed by atoms with van der Waals surface area (Å²) < 4.78 is 1.56. The highest BCUT2D eigenvalue weighted by atomic mass is 32.1. The van der Waals surface area contributed by atoms with Gasteiger partial charge in [0.15, 0.2) is 5.13 Å². The molecule has 0 aliphatic heterocycles. The number of aromatic nitrogens is 6. The number of amides is 1. The van der Waals surface area contributed by atoms with Gasteiger partial charge in [0.2, 0.25) is 5.82 Å². The van der Waals surface area contributed by atoms with Gasteiger partial charge in [-0.1, -0.05) is 18.2 Å². The summed E-state index contributed by atoms with van der Waals surface area (Å²) in [6.07, 6.45) is 0. The fourth-order valence-electron chi connectivity index (χ4n) is 3.47. The number of hydrogen-bond acceptors (Lipinski definition) is 6. The lowest BCUT2D eigenvalue weighted by molar-refractivity contribution is 0.101. The van der Waals surface area contributed by atoms with Crippen molar-refractivity contribution in [1.82, 2.24) is 29.5 Å². The van der Waals surface area contributed by atoms with E-state index in [1.54, 1.807) is 4.52 Å². The van der Waals surface area contributed by atoms with E-state index in [1.165, 1.54) is 11.3 Å². The third-order valence-electron chi connectivity index (χ3n) is 4.70. The van der Waals surface area contributed by atoms with Gasteiger partial charge in [0, 0.05) is 38.9 Å². The van der Waals surface area contributed by atoms with Crippen LogP contribution in [0.3, 0.4) is 0 Å². The molecular formula is C20H17N7OS. The maximum Gasteiger partial charge on any atom is 0.297 e. The van der Waals surface area contributed by atoms with E-state index in [0.717, 1.165) is 39.2 Å². The van der Waals surface area contributed by atoms with Gasteiger partial charge in [0.05, 0.1) is 5.69 Å². The summed E-state index contributed by atoms with van der Waals surface area (Å²) in [7, 11) is 0. The average molecular weight is 403 g/mol. The predicted octanol–water partition coefficient (Wildman–Crippen LogP) is 3.91. The standard InChI is InChI=1S/C20H17N7OS/c1-10-8-11(2)27-19(21-10)24-17(26-27)18(28)25-20-23-15(9-29-20)16-12(3)22-14-7-5-4-6-13(14)16/h4-9,22H,1-3H3,(H,23,25,28). The van der Waals surface area contributed by atoms with E-state index in [0.29, 0.717) is 10.9 Å². The highest BCUT2D eigenvalue weighted by Gasteiger charge is 2.18. The van der Waals surface area contributed by atoms with Gasteiger partial charge in [-0.15, -0.1) is 16.4 Å². The summed E-state index contributed by atoms with van der Waals surface area (Å²) in [6.45, 7) is 5.80. The minimum Gasteiger partial charge on any atom is -0.358 e. The first kappa shape index (κ1) is 17.5. The van der Waals surface area contributed by atoms with Crippen molar-refractivity contribution in [3.8, 4) is 11.3 Å². The molecule has 9 heteroatoms. The second-order valence-corrected chi connectivity index (χ2v) is 7.71. The number of aryl methyl sites for hydroxylation is 3. The second-order valence-electron chi connectivity index (χ2n) is 6.85. The normalized spacial score (nSPS) is 11.4. The van der Waals surface area contributed by atoms with Crippen LogP contribution in [0.25, 0.3) is 27.9 Å². The van der Waals surface area contributed by atoms with Crippen LogP contribution in [0.5, 0.6) is 0 Å². The Kier molecular flexibility index (Phi) is 3.92. The molecule has 0 saturated carbocycles. The number of carbonyl (C=O) groups is 1. The van der Waals surface area contributed by atoms with E-state index >= 15 is 0 Å². The Morgan fingerprint density at radius 3 is 2.83 bits per heavy atom. The molecule has 0 fully saturated rings. The van der Waals surface area contributed by atoms with Crippen molar-refractivity contribution in [2.45, 2.75) is 20.8 Å². The van der Waals surface area contributed by atoms with Crippen LogP contribution in [0.2, 0.25) is 0 Å². The second kappa shape index (κ2) is 6.49. The number of H-pyrrole nitrogens is 1. The summed E-state index contributed by atoms with van der Waals surface area (Å²) in [5.74, 6) is 0.0530. The lowest BCUT2D eigenvalue weighted by Crippen LogP contribution is -2.13. The summed E-state index contributed by atoms with van der Waals surface area (Å²) >= 11 is 1.37. The molecule has 5 aromatic rings. The zero-order chi connectivity index (χ0) is 20.1. The molecule has 1 aromatic carbocycles. The van der Waals surface area contributed by atoms with E-state index in [4.69, 9.17) is 0 Å². The van der Waals surface area contributed by atoms with Crippen molar-refractivity contribution >= 4 is 39.1 Å². The molecule has 144 valence electrons. The minimum absolute atomic E-state index is 0.0613. The zero-order valence-corrected chi connectivity index (χ0v) is 16.8. The molecule has 0 unspecified atom stereocenters. The van der Waals surface area contributed by atoms with Crippen molar-refractivity contribution in [2.75, 3.05) is 5.32 Å². The number of carbonyl (C=O) groups excluding carboxylic acids is 1. The van der Waals surface area contributed by atoms with Crippen LogP contribution in [0.1, 0.15) is 27.7 Å². The maximum absolute atomic E-state index is 12.6. The van der Waals surface area contributed by atoms with Crippen LogP contribution in [-0.2, 0) is 0 Å². The fraction of sp³-hybridized carbons (Fsp3) is 0.150. The predicted molar refractivity (Wildman–Crippen MR) is 112 cm³/mol. The van der Waals surface area contributed by atoms with E-state index in [1.807, 2.05) is 50.4 Å². The van der Waals surface area contributed by atoms with Crippen LogP contribution >= 0.6 is 11.3 Å². The molecule has 0 spiro atoms. The maximum atomic E-state index is 12.6. The third-order valence-corrected chi connectivity index (χ3v) is 5.45. The number of rotatable bonds is 3. The van der Waals surface area contributed by atoms with E-state index in [9.17, 15) is 4.79 Å². The van der Waals surface area contributed by atoms with Crippen molar-refractivity contribution < 1.29 is 4.79 Å². The minimum atomic E-state index is -0.413. The van der Waals surface area contributed by atoms with Gasteiger partial charge in [-0.3, -0.25) is 10.1 Å².